The van der Waals surface area contributed by atoms with Gasteiger partial charge in [-0.15, -0.1) is 0 Å². The number of aromatic amines is 1. The van der Waals surface area contributed by atoms with E-state index in [-0.39, 0.29) is 5.91 Å². The van der Waals surface area contributed by atoms with E-state index in [0.29, 0.717) is 11.4 Å². The average molecular weight is 320 g/mol. The Bertz CT molecular complexity index is 839. The van der Waals surface area contributed by atoms with Crippen molar-refractivity contribution in [3.8, 4) is 17.0 Å². The highest BCUT2D eigenvalue weighted by Gasteiger charge is 2.10. The molecule has 1 amide bonds. The number of benzene rings is 2. The fourth-order valence-corrected chi connectivity index (χ4v) is 2.11. The van der Waals surface area contributed by atoms with Crippen molar-refractivity contribution in [2.45, 2.75) is 0 Å². The summed E-state index contributed by atoms with van der Waals surface area (Å²) < 4.78 is 5.12. The summed E-state index contributed by atoms with van der Waals surface area (Å²) in [5.41, 5.74) is 5.28. The van der Waals surface area contributed by atoms with E-state index in [1.165, 1.54) is 0 Å². The van der Waals surface area contributed by atoms with Gasteiger partial charge in [0.1, 0.15) is 11.4 Å². The maximum atomic E-state index is 12.1. The van der Waals surface area contributed by atoms with Crippen LogP contribution in [0.2, 0.25) is 0 Å². The Morgan fingerprint density at radius 1 is 1.17 bits per heavy atom. The first-order chi connectivity index (χ1) is 11.8. The van der Waals surface area contributed by atoms with E-state index in [9.17, 15) is 4.79 Å². The van der Waals surface area contributed by atoms with Crippen molar-refractivity contribution in [3.05, 3.63) is 71.9 Å². The molecule has 0 bridgehead atoms. The zero-order valence-electron chi connectivity index (χ0n) is 13.1. The lowest BCUT2D eigenvalue weighted by molar-refractivity contribution is 0.0950. The number of hydrazone groups is 1. The number of aromatic nitrogens is 2. The number of carbonyl (C=O) groups is 1. The first-order valence-corrected chi connectivity index (χ1v) is 7.34. The molecule has 0 aliphatic rings. The molecule has 0 atom stereocenters. The van der Waals surface area contributed by atoms with Gasteiger partial charge in [-0.1, -0.05) is 30.3 Å². The maximum absolute atomic E-state index is 12.1. The molecule has 2 aromatic carbocycles. The monoisotopic (exact) mass is 320 g/mol. The standard InChI is InChI=1S/C18H16N4O2/c1-24-15-9-7-14(8-10-15)16-11-17(21-20-16)18(23)22-19-12-13-5-3-2-4-6-13/h2-12H,1H3,(H,20,21)(H,22,23)/b19-12-. The summed E-state index contributed by atoms with van der Waals surface area (Å²) in [6, 6.07) is 18.6. The van der Waals surface area contributed by atoms with Crippen LogP contribution >= 0.6 is 0 Å². The highest BCUT2D eigenvalue weighted by Crippen LogP contribution is 2.21. The minimum atomic E-state index is -0.352. The first kappa shape index (κ1) is 15.5. The van der Waals surface area contributed by atoms with Gasteiger partial charge in [-0.25, -0.2) is 5.43 Å². The molecule has 2 N–H and O–H groups in total. The molecule has 6 nitrogen and oxygen atoms in total. The van der Waals surface area contributed by atoms with Crippen LogP contribution in [0.3, 0.4) is 0 Å². The summed E-state index contributed by atoms with van der Waals surface area (Å²) in [6.07, 6.45) is 1.58. The van der Waals surface area contributed by atoms with E-state index in [0.717, 1.165) is 16.9 Å². The van der Waals surface area contributed by atoms with E-state index < -0.39 is 0 Å². The SMILES string of the molecule is COc1ccc(-c2cc(C(=O)N/N=C\c3ccccc3)[nH]n2)cc1. The van der Waals surface area contributed by atoms with Crippen LogP contribution in [0.5, 0.6) is 5.75 Å². The number of H-pyrrole nitrogens is 1. The molecular weight excluding hydrogens is 304 g/mol. The number of amides is 1. The minimum absolute atomic E-state index is 0.339. The summed E-state index contributed by atoms with van der Waals surface area (Å²) in [5.74, 6) is 0.414. The molecule has 0 unspecified atom stereocenters. The predicted octanol–water partition coefficient (Wildman–Crippen LogP) is 2.85. The lowest BCUT2D eigenvalue weighted by Crippen LogP contribution is -2.17. The van der Waals surface area contributed by atoms with Crippen LogP contribution in [0.4, 0.5) is 0 Å². The summed E-state index contributed by atoms with van der Waals surface area (Å²) in [5, 5.41) is 10.8. The molecule has 0 spiro atoms. The Hall–Kier alpha value is -3.41. The predicted molar refractivity (Wildman–Crippen MR) is 92.1 cm³/mol. The van der Waals surface area contributed by atoms with Crippen molar-refractivity contribution in [2.75, 3.05) is 7.11 Å². The zero-order chi connectivity index (χ0) is 16.8. The second kappa shape index (κ2) is 7.23. The van der Waals surface area contributed by atoms with Crippen LogP contribution in [0.1, 0.15) is 16.1 Å². The molecule has 0 fully saturated rings. The van der Waals surface area contributed by atoms with Gasteiger partial charge in [-0.3, -0.25) is 9.89 Å². The quantitative estimate of drug-likeness (QED) is 0.560. The van der Waals surface area contributed by atoms with Crippen molar-refractivity contribution in [3.63, 3.8) is 0 Å². The second-order valence-electron chi connectivity index (χ2n) is 5.01. The molecule has 0 radical (unpaired) electrons. The third-order valence-electron chi connectivity index (χ3n) is 3.39. The van der Waals surface area contributed by atoms with E-state index >= 15 is 0 Å². The Kier molecular flexibility index (Phi) is 4.67. The molecule has 0 saturated carbocycles. The maximum Gasteiger partial charge on any atom is 0.289 e. The molecule has 1 heterocycles. The fraction of sp³-hybridized carbons (Fsp3) is 0.0556. The largest absolute Gasteiger partial charge is 0.497 e. The van der Waals surface area contributed by atoms with E-state index in [1.807, 2.05) is 54.6 Å². The van der Waals surface area contributed by atoms with Crippen molar-refractivity contribution in [1.82, 2.24) is 15.6 Å². The number of hydrogen-bond donors (Lipinski definition) is 2. The first-order valence-electron chi connectivity index (χ1n) is 7.34. The van der Waals surface area contributed by atoms with Gasteiger partial charge in [0.25, 0.3) is 5.91 Å². The molecule has 120 valence electrons. The topological polar surface area (TPSA) is 79.4 Å². The van der Waals surface area contributed by atoms with Crippen LogP contribution in [0.15, 0.2) is 65.8 Å². The van der Waals surface area contributed by atoms with Gasteiger partial charge in [0.05, 0.1) is 19.0 Å². The van der Waals surface area contributed by atoms with Crippen LogP contribution < -0.4 is 10.2 Å². The molecule has 0 saturated heterocycles. The highest BCUT2D eigenvalue weighted by molar-refractivity contribution is 5.94. The van der Waals surface area contributed by atoms with Crippen molar-refractivity contribution in [1.29, 1.82) is 0 Å². The second-order valence-corrected chi connectivity index (χ2v) is 5.01. The Morgan fingerprint density at radius 3 is 2.62 bits per heavy atom. The normalized spacial score (nSPS) is 10.7. The van der Waals surface area contributed by atoms with Crippen molar-refractivity contribution >= 4 is 12.1 Å². The van der Waals surface area contributed by atoms with Crippen molar-refractivity contribution in [2.24, 2.45) is 5.10 Å². The van der Waals surface area contributed by atoms with Gasteiger partial charge in [0.2, 0.25) is 0 Å². The van der Waals surface area contributed by atoms with Gasteiger partial charge >= 0.3 is 0 Å². The van der Waals surface area contributed by atoms with E-state index in [1.54, 1.807) is 19.4 Å². The summed E-state index contributed by atoms with van der Waals surface area (Å²) in [4.78, 5) is 12.1. The van der Waals surface area contributed by atoms with Crippen LogP contribution in [-0.2, 0) is 0 Å². The van der Waals surface area contributed by atoms with Gasteiger partial charge in [0.15, 0.2) is 0 Å². The number of methoxy groups -OCH3 is 1. The van der Waals surface area contributed by atoms with E-state index in [4.69, 9.17) is 4.74 Å². The Balaban J connectivity index is 1.66. The smallest absolute Gasteiger partial charge is 0.289 e. The lowest BCUT2D eigenvalue weighted by atomic mass is 10.1. The molecule has 0 aliphatic heterocycles. The van der Waals surface area contributed by atoms with Crippen LogP contribution in [-0.4, -0.2) is 29.4 Å². The van der Waals surface area contributed by atoms with Gasteiger partial charge in [-0.05, 0) is 35.9 Å². The average Bonchev–Trinajstić information content (AvgIpc) is 3.13. The van der Waals surface area contributed by atoms with Crippen LogP contribution in [0, 0.1) is 0 Å². The fourth-order valence-electron chi connectivity index (χ4n) is 2.11. The van der Waals surface area contributed by atoms with Crippen LogP contribution in [0.25, 0.3) is 11.3 Å². The zero-order valence-corrected chi connectivity index (χ0v) is 13.1. The summed E-state index contributed by atoms with van der Waals surface area (Å²) >= 11 is 0. The molecule has 1 aromatic heterocycles. The molecular formula is C18H16N4O2. The number of ether oxygens (including phenoxy) is 1. The van der Waals surface area contributed by atoms with Gasteiger partial charge < -0.3 is 4.74 Å². The summed E-state index contributed by atoms with van der Waals surface area (Å²) in [7, 11) is 1.61. The molecule has 3 rings (SSSR count). The Morgan fingerprint density at radius 2 is 1.92 bits per heavy atom. The Labute approximate surface area is 139 Å². The molecule has 3 aromatic rings. The molecule has 6 heteroatoms. The van der Waals surface area contributed by atoms with Gasteiger partial charge in [0, 0.05) is 5.56 Å². The summed E-state index contributed by atoms with van der Waals surface area (Å²) in [6.45, 7) is 0. The number of nitrogens with zero attached hydrogens (tertiary/aromatic N) is 2. The third-order valence-corrected chi connectivity index (χ3v) is 3.39. The van der Waals surface area contributed by atoms with E-state index in [2.05, 4.69) is 20.7 Å². The minimum Gasteiger partial charge on any atom is -0.497 e. The number of nitrogens with one attached hydrogen (secondary N) is 2. The van der Waals surface area contributed by atoms with Gasteiger partial charge in [-0.2, -0.15) is 10.2 Å². The third kappa shape index (κ3) is 3.67. The highest BCUT2D eigenvalue weighted by atomic mass is 16.5. The van der Waals surface area contributed by atoms with Crippen molar-refractivity contribution < 1.29 is 9.53 Å². The lowest BCUT2D eigenvalue weighted by Gasteiger charge is -2.00. The number of rotatable bonds is 5. The number of hydrogen-bond acceptors (Lipinski definition) is 4. The molecule has 0 aliphatic carbocycles. The number of carbonyl (C=O) groups excluding carboxylic acids is 1. The molecule has 24 heavy (non-hydrogen) atoms.